The monoisotopic (exact) mass is 232 g/mol. The average Bonchev–Trinajstić information content (AvgIpc) is 2.34. The van der Waals surface area contributed by atoms with Crippen LogP contribution in [-0.2, 0) is 4.79 Å². The number of hydrogen-bond acceptors (Lipinski definition) is 3. The van der Waals surface area contributed by atoms with Crippen molar-refractivity contribution in [3.8, 4) is 5.75 Å². The molecule has 0 spiro atoms. The van der Waals surface area contributed by atoms with Gasteiger partial charge in [0.15, 0.2) is 0 Å². The summed E-state index contributed by atoms with van der Waals surface area (Å²) in [7, 11) is 5.32. The maximum absolute atomic E-state index is 10.6. The summed E-state index contributed by atoms with van der Waals surface area (Å²) in [5.74, 6) is 0.691. The molecule has 0 unspecified atom stereocenters. The molecule has 0 saturated carbocycles. The minimum atomic E-state index is 0.575. The van der Waals surface area contributed by atoms with E-state index in [1.54, 1.807) is 18.3 Å². The number of ether oxygens (including phenoxy) is 1. The van der Waals surface area contributed by atoms with E-state index in [-0.39, 0.29) is 0 Å². The molecule has 90 valence electrons. The molecule has 0 aliphatic carbocycles. The van der Waals surface area contributed by atoms with Gasteiger partial charge in [0.05, 0.1) is 19.1 Å². The van der Waals surface area contributed by atoms with E-state index in [0.29, 0.717) is 11.4 Å². The molecule has 0 amide bonds. The highest BCUT2D eigenvalue weighted by molar-refractivity contribution is 5.85. The Balaban J connectivity index is 3.14. The first-order valence-electron chi connectivity index (χ1n) is 5.18. The van der Waals surface area contributed by atoms with Gasteiger partial charge < -0.3 is 9.64 Å². The third-order valence-corrected chi connectivity index (χ3v) is 2.04. The van der Waals surface area contributed by atoms with Crippen molar-refractivity contribution in [3.05, 3.63) is 35.9 Å². The Morgan fingerprint density at radius 2 is 2.06 bits per heavy atom. The smallest absolute Gasteiger partial charge is 0.145 e. The lowest BCUT2D eigenvalue weighted by atomic mass is 10.1. The molecule has 17 heavy (non-hydrogen) atoms. The van der Waals surface area contributed by atoms with Crippen LogP contribution in [0.4, 0.5) is 0 Å². The molecule has 0 radical (unpaired) electrons. The lowest BCUT2D eigenvalue weighted by Gasteiger charge is -2.09. The second kappa shape index (κ2) is 6.48. The summed E-state index contributed by atoms with van der Waals surface area (Å²) in [5, 5.41) is 0. The topological polar surface area (TPSA) is 41.9 Å². The predicted molar refractivity (Wildman–Crippen MR) is 69.2 cm³/mol. The van der Waals surface area contributed by atoms with Crippen LogP contribution < -0.4 is 4.74 Å². The molecule has 4 nitrogen and oxygen atoms in total. The maximum atomic E-state index is 10.6. The van der Waals surface area contributed by atoms with E-state index in [0.717, 1.165) is 11.8 Å². The van der Waals surface area contributed by atoms with Crippen LogP contribution in [0.25, 0.3) is 5.70 Å². The number of carbonyl (C=O) groups excluding carboxylic acids is 1. The summed E-state index contributed by atoms with van der Waals surface area (Å²) < 4.78 is 5.24. The molecule has 0 saturated heterocycles. The van der Waals surface area contributed by atoms with Crippen LogP contribution in [0.1, 0.15) is 5.56 Å². The minimum absolute atomic E-state index is 0.575. The summed E-state index contributed by atoms with van der Waals surface area (Å²) in [6, 6.07) is 7.44. The fraction of sp³-hybridized carbons (Fsp3) is 0.231. The lowest BCUT2D eigenvalue weighted by molar-refractivity contribution is -0.104. The number of para-hydroxylation sites is 1. The van der Waals surface area contributed by atoms with E-state index >= 15 is 0 Å². The van der Waals surface area contributed by atoms with Crippen molar-refractivity contribution in [2.24, 2.45) is 4.99 Å². The second-order valence-electron chi connectivity index (χ2n) is 3.60. The number of aliphatic imine (C=N–C) groups is 1. The summed E-state index contributed by atoms with van der Waals surface area (Å²) in [4.78, 5) is 16.7. The average molecular weight is 232 g/mol. The van der Waals surface area contributed by atoms with E-state index < -0.39 is 0 Å². The number of nitrogens with zero attached hydrogens (tertiary/aromatic N) is 2. The first kappa shape index (κ1) is 13.0. The number of carbonyl (C=O) groups is 1. The molecule has 0 atom stereocenters. The van der Waals surface area contributed by atoms with Crippen LogP contribution in [0.5, 0.6) is 5.75 Å². The molecule has 1 rings (SSSR count). The van der Waals surface area contributed by atoms with Crippen molar-refractivity contribution in [1.29, 1.82) is 0 Å². The number of methoxy groups -OCH3 is 1. The Morgan fingerprint density at radius 1 is 1.35 bits per heavy atom. The highest BCUT2D eigenvalue weighted by Gasteiger charge is 2.06. The molecule has 0 aliphatic heterocycles. The van der Waals surface area contributed by atoms with Gasteiger partial charge in [-0.2, -0.15) is 0 Å². The number of rotatable bonds is 5. The Bertz CT molecular complexity index is 437. The Labute approximate surface area is 101 Å². The van der Waals surface area contributed by atoms with E-state index in [1.165, 1.54) is 6.08 Å². The van der Waals surface area contributed by atoms with Gasteiger partial charge in [-0.3, -0.25) is 4.79 Å². The van der Waals surface area contributed by atoms with Crippen molar-refractivity contribution < 1.29 is 9.53 Å². The van der Waals surface area contributed by atoms with Crippen LogP contribution >= 0.6 is 0 Å². The molecule has 1 aromatic rings. The zero-order valence-corrected chi connectivity index (χ0v) is 10.3. The van der Waals surface area contributed by atoms with Gasteiger partial charge in [0.25, 0.3) is 0 Å². The molecule has 0 aliphatic rings. The van der Waals surface area contributed by atoms with Gasteiger partial charge in [-0.05, 0) is 12.1 Å². The highest BCUT2D eigenvalue weighted by atomic mass is 16.5. The van der Waals surface area contributed by atoms with Gasteiger partial charge in [0.1, 0.15) is 12.0 Å². The first-order valence-corrected chi connectivity index (χ1v) is 5.18. The molecular formula is C13H16N2O2. The molecule has 0 fully saturated rings. The molecule has 0 N–H and O–H groups in total. The van der Waals surface area contributed by atoms with Crippen LogP contribution in [0.3, 0.4) is 0 Å². The number of allylic oxidation sites excluding steroid dienone is 1. The van der Waals surface area contributed by atoms with Gasteiger partial charge >= 0.3 is 0 Å². The first-order chi connectivity index (χ1) is 8.19. The van der Waals surface area contributed by atoms with Crippen molar-refractivity contribution in [2.45, 2.75) is 0 Å². The van der Waals surface area contributed by atoms with Crippen LogP contribution in [-0.4, -0.2) is 38.7 Å². The van der Waals surface area contributed by atoms with Crippen molar-refractivity contribution in [1.82, 2.24) is 4.90 Å². The van der Waals surface area contributed by atoms with Gasteiger partial charge in [-0.15, -0.1) is 0 Å². The standard InChI is InChI=1S/C13H16N2O2/c1-15(2)10-14-12(8-9-16)11-6-4-5-7-13(11)17-3/h4-10H,1-3H3/b12-8-,14-10?. The molecule has 0 heterocycles. The SMILES string of the molecule is COc1ccccc1/C(=C/C=O)N=CN(C)C. The quantitative estimate of drug-likeness (QED) is 0.336. The minimum Gasteiger partial charge on any atom is -0.496 e. The molecule has 0 aromatic heterocycles. The zero-order chi connectivity index (χ0) is 12.7. The second-order valence-corrected chi connectivity index (χ2v) is 3.60. The number of benzene rings is 1. The van der Waals surface area contributed by atoms with Crippen molar-refractivity contribution in [3.63, 3.8) is 0 Å². The van der Waals surface area contributed by atoms with Gasteiger partial charge in [0.2, 0.25) is 0 Å². The van der Waals surface area contributed by atoms with Gasteiger partial charge in [-0.25, -0.2) is 4.99 Å². The normalized spacial score (nSPS) is 11.6. The Morgan fingerprint density at radius 3 is 2.65 bits per heavy atom. The predicted octanol–water partition coefficient (Wildman–Crippen LogP) is 1.82. The van der Waals surface area contributed by atoms with Crippen LogP contribution in [0.15, 0.2) is 35.3 Å². The van der Waals surface area contributed by atoms with Crippen molar-refractivity contribution >= 4 is 18.3 Å². The molecule has 0 bridgehead atoms. The molecular weight excluding hydrogens is 216 g/mol. The van der Waals surface area contributed by atoms with Gasteiger partial charge in [-0.1, -0.05) is 12.1 Å². The Hall–Kier alpha value is -2.10. The molecule has 4 heteroatoms. The zero-order valence-electron chi connectivity index (χ0n) is 10.3. The lowest BCUT2D eigenvalue weighted by Crippen LogP contribution is -2.07. The van der Waals surface area contributed by atoms with E-state index in [4.69, 9.17) is 4.74 Å². The van der Waals surface area contributed by atoms with E-state index in [9.17, 15) is 4.79 Å². The third kappa shape index (κ3) is 3.75. The third-order valence-electron chi connectivity index (χ3n) is 2.04. The number of hydrogen-bond donors (Lipinski definition) is 0. The van der Waals surface area contributed by atoms with E-state index in [2.05, 4.69) is 4.99 Å². The van der Waals surface area contributed by atoms with Gasteiger partial charge in [0, 0.05) is 25.7 Å². The van der Waals surface area contributed by atoms with Crippen LogP contribution in [0.2, 0.25) is 0 Å². The Kier molecular flexibility index (Phi) is 4.94. The largest absolute Gasteiger partial charge is 0.496 e. The number of aldehydes is 1. The van der Waals surface area contributed by atoms with Crippen LogP contribution in [0, 0.1) is 0 Å². The van der Waals surface area contributed by atoms with E-state index in [1.807, 2.05) is 38.4 Å². The van der Waals surface area contributed by atoms with Crippen molar-refractivity contribution in [2.75, 3.05) is 21.2 Å². The summed E-state index contributed by atoms with van der Waals surface area (Å²) in [6.45, 7) is 0. The summed E-state index contributed by atoms with van der Waals surface area (Å²) in [6.07, 6.45) is 3.77. The molecule has 1 aromatic carbocycles. The summed E-state index contributed by atoms with van der Waals surface area (Å²) in [5.41, 5.74) is 1.37. The summed E-state index contributed by atoms with van der Waals surface area (Å²) >= 11 is 0. The highest BCUT2D eigenvalue weighted by Crippen LogP contribution is 2.25. The fourth-order valence-electron chi connectivity index (χ4n) is 1.30. The maximum Gasteiger partial charge on any atom is 0.145 e. The fourth-order valence-corrected chi connectivity index (χ4v) is 1.30.